The van der Waals surface area contributed by atoms with Gasteiger partial charge in [-0.15, -0.1) is 0 Å². The minimum Gasteiger partial charge on any atom is -0.467 e. The average Bonchev–Trinajstić information content (AvgIpc) is 3.09. The molecular weight excluding hydrogens is 262 g/mol. The van der Waals surface area contributed by atoms with Crippen molar-refractivity contribution in [2.24, 2.45) is 0 Å². The molecule has 1 atom stereocenters. The number of rotatable bonds is 8. The van der Waals surface area contributed by atoms with Crippen LogP contribution in [0, 0.1) is 6.92 Å². The summed E-state index contributed by atoms with van der Waals surface area (Å²) in [4.78, 5) is 0. The van der Waals surface area contributed by atoms with Crippen LogP contribution in [0.25, 0.3) is 0 Å². The molecule has 0 saturated heterocycles. The van der Waals surface area contributed by atoms with E-state index in [2.05, 4.69) is 48.9 Å². The maximum Gasteiger partial charge on any atom is 0.123 e. The molecule has 0 aliphatic rings. The Bertz CT molecular complexity index is 556. The Morgan fingerprint density at radius 1 is 1.33 bits per heavy atom. The van der Waals surface area contributed by atoms with Crippen molar-refractivity contribution in [1.82, 2.24) is 15.1 Å². The summed E-state index contributed by atoms with van der Waals surface area (Å²) in [6, 6.07) is 4.47. The molecule has 116 valence electrons. The van der Waals surface area contributed by atoms with Gasteiger partial charge in [-0.1, -0.05) is 13.8 Å². The van der Waals surface area contributed by atoms with E-state index in [9.17, 15) is 0 Å². The molecule has 2 aromatic rings. The van der Waals surface area contributed by atoms with Crippen LogP contribution in [0.4, 0.5) is 0 Å². The molecule has 21 heavy (non-hydrogen) atoms. The van der Waals surface area contributed by atoms with Gasteiger partial charge in [0.15, 0.2) is 0 Å². The maximum atomic E-state index is 5.71. The van der Waals surface area contributed by atoms with Crippen LogP contribution in [0.15, 0.2) is 22.8 Å². The summed E-state index contributed by atoms with van der Waals surface area (Å²) in [7, 11) is 0. The van der Waals surface area contributed by atoms with Gasteiger partial charge in [0.25, 0.3) is 0 Å². The molecule has 0 radical (unpaired) electrons. The third-order valence-electron chi connectivity index (χ3n) is 3.85. The zero-order chi connectivity index (χ0) is 15.2. The van der Waals surface area contributed by atoms with E-state index < -0.39 is 0 Å². The van der Waals surface area contributed by atoms with Crippen molar-refractivity contribution in [3.8, 4) is 0 Å². The van der Waals surface area contributed by atoms with Crippen molar-refractivity contribution in [2.45, 2.75) is 59.5 Å². The average molecular weight is 289 g/mol. The van der Waals surface area contributed by atoms with Gasteiger partial charge in [-0.25, -0.2) is 0 Å². The minimum absolute atomic E-state index is 0.214. The van der Waals surface area contributed by atoms with Gasteiger partial charge in [-0.05, 0) is 50.9 Å². The predicted octanol–water partition coefficient (Wildman–Crippen LogP) is 3.65. The lowest BCUT2D eigenvalue weighted by atomic mass is 10.0. The summed E-state index contributed by atoms with van der Waals surface area (Å²) < 4.78 is 7.82. The number of furan rings is 1. The highest BCUT2D eigenvalue weighted by atomic mass is 16.3. The summed E-state index contributed by atoms with van der Waals surface area (Å²) in [6.45, 7) is 10.5. The maximum absolute atomic E-state index is 5.71. The molecule has 1 unspecified atom stereocenters. The number of aromatic nitrogens is 2. The normalized spacial score (nSPS) is 12.8. The topological polar surface area (TPSA) is 43.0 Å². The van der Waals surface area contributed by atoms with E-state index in [0.717, 1.165) is 43.8 Å². The third kappa shape index (κ3) is 3.76. The van der Waals surface area contributed by atoms with Crippen LogP contribution in [-0.4, -0.2) is 16.3 Å². The second kappa shape index (κ2) is 7.46. The van der Waals surface area contributed by atoms with Crippen molar-refractivity contribution in [1.29, 1.82) is 0 Å². The molecule has 1 N–H and O–H groups in total. The van der Waals surface area contributed by atoms with Crippen LogP contribution < -0.4 is 5.32 Å². The first-order chi connectivity index (χ1) is 10.2. The molecule has 0 aliphatic carbocycles. The van der Waals surface area contributed by atoms with Crippen LogP contribution in [0.2, 0.25) is 0 Å². The molecular formula is C17H27N3O. The first-order valence-electron chi connectivity index (χ1n) is 8.02. The monoisotopic (exact) mass is 289 g/mol. The van der Waals surface area contributed by atoms with E-state index in [1.54, 1.807) is 6.26 Å². The lowest BCUT2D eigenvalue weighted by Gasteiger charge is -2.18. The van der Waals surface area contributed by atoms with Crippen molar-refractivity contribution in [2.75, 3.05) is 6.54 Å². The number of hydrogen-bond donors (Lipinski definition) is 1. The molecule has 0 fully saturated rings. The number of nitrogens with zero attached hydrogens (tertiary/aromatic N) is 2. The summed E-state index contributed by atoms with van der Waals surface area (Å²) in [5.41, 5.74) is 3.65. The Morgan fingerprint density at radius 2 is 2.14 bits per heavy atom. The Hall–Kier alpha value is -1.55. The van der Waals surface area contributed by atoms with E-state index in [1.165, 1.54) is 11.3 Å². The number of hydrogen-bond acceptors (Lipinski definition) is 3. The Morgan fingerprint density at radius 3 is 2.71 bits per heavy atom. The summed E-state index contributed by atoms with van der Waals surface area (Å²) in [5, 5.41) is 8.25. The van der Waals surface area contributed by atoms with E-state index in [-0.39, 0.29) is 6.04 Å². The molecule has 0 spiro atoms. The third-order valence-corrected chi connectivity index (χ3v) is 3.85. The summed E-state index contributed by atoms with van der Waals surface area (Å²) in [5.74, 6) is 1.05. The lowest BCUT2D eigenvalue weighted by molar-refractivity contribution is 0.400. The first kappa shape index (κ1) is 15.8. The Kier molecular flexibility index (Phi) is 5.62. The molecule has 0 bridgehead atoms. The standard InChI is InChI=1S/C17H27N3O/c1-5-9-18-16(17-13(4)8-10-21-17)12-15-11-14(6-2)19-20(15)7-3/h8,10-11,16,18H,5-7,9,12H2,1-4H3. The fourth-order valence-electron chi connectivity index (χ4n) is 2.65. The second-order valence-corrected chi connectivity index (χ2v) is 5.48. The van der Waals surface area contributed by atoms with Crippen molar-refractivity contribution >= 4 is 0 Å². The van der Waals surface area contributed by atoms with Gasteiger partial charge in [-0.3, -0.25) is 4.68 Å². The van der Waals surface area contributed by atoms with Gasteiger partial charge in [0.1, 0.15) is 5.76 Å². The zero-order valence-corrected chi connectivity index (χ0v) is 13.6. The summed E-state index contributed by atoms with van der Waals surface area (Å²) >= 11 is 0. The molecule has 4 heteroatoms. The van der Waals surface area contributed by atoms with Gasteiger partial charge in [0.2, 0.25) is 0 Å². The van der Waals surface area contributed by atoms with Crippen LogP contribution in [0.1, 0.15) is 55.9 Å². The minimum atomic E-state index is 0.214. The number of aryl methyl sites for hydroxylation is 3. The summed E-state index contributed by atoms with van der Waals surface area (Å²) in [6.07, 6.45) is 4.78. The highest BCUT2D eigenvalue weighted by Gasteiger charge is 2.19. The fraction of sp³-hybridized carbons (Fsp3) is 0.588. The molecule has 0 amide bonds. The largest absolute Gasteiger partial charge is 0.467 e. The highest BCUT2D eigenvalue weighted by molar-refractivity contribution is 5.21. The second-order valence-electron chi connectivity index (χ2n) is 5.48. The van der Waals surface area contributed by atoms with Gasteiger partial charge in [0.05, 0.1) is 18.0 Å². The quantitative estimate of drug-likeness (QED) is 0.806. The molecule has 0 aromatic carbocycles. The Labute approximate surface area is 127 Å². The van der Waals surface area contributed by atoms with Gasteiger partial charge in [-0.2, -0.15) is 5.10 Å². The zero-order valence-electron chi connectivity index (χ0n) is 13.6. The van der Waals surface area contributed by atoms with E-state index in [4.69, 9.17) is 4.42 Å². The van der Waals surface area contributed by atoms with E-state index in [0.29, 0.717) is 0 Å². The van der Waals surface area contributed by atoms with E-state index >= 15 is 0 Å². The predicted molar refractivity (Wildman–Crippen MR) is 85.5 cm³/mol. The van der Waals surface area contributed by atoms with Crippen molar-refractivity contribution in [3.05, 3.63) is 41.1 Å². The van der Waals surface area contributed by atoms with Crippen LogP contribution >= 0.6 is 0 Å². The molecule has 2 rings (SSSR count). The van der Waals surface area contributed by atoms with Gasteiger partial charge in [0, 0.05) is 18.7 Å². The lowest BCUT2D eigenvalue weighted by Crippen LogP contribution is -2.25. The molecule has 0 saturated carbocycles. The van der Waals surface area contributed by atoms with Crippen LogP contribution in [0.3, 0.4) is 0 Å². The SMILES string of the molecule is CCCNC(Cc1cc(CC)nn1CC)c1occc1C. The van der Waals surface area contributed by atoms with E-state index in [1.807, 2.05) is 6.07 Å². The Balaban J connectivity index is 2.22. The van der Waals surface area contributed by atoms with Gasteiger partial charge < -0.3 is 9.73 Å². The first-order valence-corrected chi connectivity index (χ1v) is 8.02. The number of nitrogens with one attached hydrogen (secondary N) is 1. The smallest absolute Gasteiger partial charge is 0.123 e. The molecule has 2 heterocycles. The van der Waals surface area contributed by atoms with Crippen molar-refractivity contribution < 1.29 is 4.42 Å². The van der Waals surface area contributed by atoms with Crippen LogP contribution in [-0.2, 0) is 19.4 Å². The molecule has 2 aromatic heterocycles. The molecule has 4 nitrogen and oxygen atoms in total. The molecule has 0 aliphatic heterocycles. The van der Waals surface area contributed by atoms with Gasteiger partial charge >= 0.3 is 0 Å². The van der Waals surface area contributed by atoms with Crippen molar-refractivity contribution in [3.63, 3.8) is 0 Å². The fourth-order valence-corrected chi connectivity index (χ4v) is 2.65. The highest BCUT2D eigenvalue weighted by Crippen LogP contribution is 2.23. The van der Waals surface area contributed by atoms with Crippen LogP contribution in [0.5, 0.6) is 0 Å².